The van der Waals surface area contributed by atoms with Gasteiger partial charge < -0.3 is 9.47 Å². The maximum Gasteiger partial charge on any atom is 0.330 e. The Bertz CT molecular complexity index is 464. The van der Waals surface area contributed by atoms with Gasteiger partial charge in [0.2, 0.25) is 0 Å². The lowest BCUT2D eigenvalue weighted by Crippen LogP contribution is -2.11. The number of hydrogen-bond acceptors (Lipinski definition) is 5. The largest absolute Gasteiger partial charge is 0.462 e. The van der Waals surface area contributed by atoms with E-state index in [1.165, 1.54) is 0 Å². The molecule has 18 heavy (non-hydrogen) atoms. The monoisotopic (exact) mass is 248 g/mol. The highest BCUT2D eigenvalue weighted by atomic mass is 16.5. The Morgan fingerprint density at radius 3 is 2.94 bits per heavy atom. The second kappa shape index (κ2) is 7.04. The van der Waals surface area contributed by atoms with E-state index in [4.69, 9.17) is 4.74 Å². The van der Waals surface area contributed by atoms with Gasteiger partial charge in [-0.25, -0.2) is 9.59 Å². The summed E-state index contributed by atoms with van der Waals surface area (Å²) in [6.07, 6.45) is 5.98. The topological polar surface area (TPSA) is 69.7 Å². The molecular weight excluding hydrogens is 236 g/mol. The van der Waals surface area contributed by atoms with Crippen LogP contribution in [0.15, 0.2) is 42.2 Å². The third-order valence-corrected chi connectivity index (χ3v) is 2.04. The lowest BCUT2D eigenvalue weighted by atomic mass is 10.1. The Morgan fingerprint density at radius 2 is 2.28 bits per heavy atom. The minimum Gasteiger partial charge on any atom is -0.462 e. The maximum atomic E-state index is 11.4. The van der Waals surface area contributed by atoms with Crippen molar-refractivity contribution in [3.63, 3.8) is 0 Å². The molecule has 5 heteroatoms. The van der Waals surface area contributed by atoms with Gasteiger partial charge in [0, 0.05) is 18.1 Å². The Morgan fingerprint density at radius 1 is 1.50 bits per heavy atom. The van der Waals surface area contributed by atoms with E-state index >= 15 is 0 Å². The first-order valence-corrected chi connectivity index (χ1v) is 5.27. The fourth-order valence-electron chi connectivity index (χ4n) is 1.21. The quantitative estimate of drug-likeness (QED) is 0.416. The SMILES string of the molecule is C=CC(=O)OCCC(=O)OC1=CC=CC(=C=O)C1. The van der Waals surface area contributed by atoms with E-state index in [0.29, 0.717) is 11.3 Å². The molecule has 0 atom stereocenters. The summed E-state index contributed by atoms with van der Waals surface area (Å²) in [5.41, 5.74) is 0.415. The molecule has 0 amide bonds. The smallest absolute Gasteiger partial charge is 0.330 e. The Balaban J connectivity index is 2.35. The van der Waals surface area contributed by atoms with Crippen LogP contribution >= 0.6 is 0 Å². The van der Waals surface area contributed by atoms with E-state index in [1.807, 2.05) is 0 Å². The number of carbonyl (C=O) groups is 2. The zero-order valence-electron chi connectivity index (χ0n) is 9.68. The molecule has 1 rings (SSSR count). The zero-order chi connectivity index (χ0) is 13.4. The molecule has 0 aromatic carbocycles. The van der Waals surface area contributed by atoms with E-state index in [2.05, 4.69) is 11.3 Å². The van der Waals surface area contributed by atoms with Crippen molar-refractivity contribution in [1.82, 2.24) is 0 Å². The molecule has 94 valence electrons. The van der Waals surface area contributed by atoms with Crippen molar-refractivity contribution in [3.05, 3.63) is 42.2 Å². The molecule has 0 spiro atoms. The third kappa shape index (κ3) is 4.63. The fraction of sp³-hybridized carbons (Fsp3) is 0.231. The predicted molar refractivity (Wildman–Crippen MR) is 62.9 cm³/mol. The number of hydrogen-bond donors (Lipinski definition) is 0. The van der Waals surface area contributed by atoms with Crippen LogP contribution in [-0.4, -0.2) is 24.5 Å². The van der Waals surface area contributed by atoms with Crippen molar-refractivity contribution >= 4 is 17.9 Å². The van der Waals surface area contributed by atoms with Gasteiger partial charge in [0.25, 0.3) is 0 Å². The van der Waals surface area contributed by atoms with Crippen LogP contribution in [0.2, 0.25) is 0 Å². The lowest BCUT2D eigenvalue weighted by molar-refractivity contribution is -0.144. The summed E-state index contributed by atoms with van der Waals surface area (Å²) in [5, 5.41) is 0. The second-order valence-electron chi connectivity index (χ2n) is 3.39. The molecule has 0 aliphatic heterocycles. The van der Waals surface area contributed by atoms with Crippen LogP contribution in [0.3, 0.4) is 0 Å². The summed E-state index contributed by atoms with van der Waals surface area (Å²) < 4.78 is 9.63. The van der Waals surface area contributed by atoms with Crippen LogP contribution in [0.4, 0.5) is 0 Å². The summed E-state index contributed by atoms with van der Waals surface area (Å²) >= 11 is 0. The van der Waals surface area contributed by atoms with Crippen LogP contribution in [0.25, 0.3) is 0 Å². The summed E-state index contributed by atoms with van der Waals surface area (Å²) in [4.78, 5) is 32.5. The van der Waals surface area contributed by atoms with Crippen molar-refractivity contribution in [2.24, 2.45) is 0 Å². The molecule has 0 bridgehead atoms. The predicted octanol–water partition coefficient (Wildman–Crippen LogP) is 1.25. The summed E-state index contributed by atoms with van der Waals surface area (Å²) in [6, 6.07) is 0. The van der Waals surface area contributed by atoms with Gasteiger partial charge in [0.05, 0.1) is 6.42 Å². The van der Waals surface area contributed by atoms with Crippen LogP contribution in [-0.2, 0) is 23.9 Å². The summed E-state index contributed by atoms with van der Waals surface area (Å²) in [5.74, 6) is 0.993. The maximum absolute atomic E-state index is 11.4. The van der Waals surface area contributed by atoms with Crippen LogP contribution < -0.4 is 0 Å². The van der Waals surface area contributed by atoms with E-state index in [9.17, 15) is 14.4 Å². The van der Waals surface area contributed by atoms with Gasteiger partial charge in [-0.05, 0) is 12.2 Å². The highest BCUT2D eigenvalue weighted by molar-refractivity contribution is 5.81. The van der Waals surface area contributed by atoms with Gasteiger partial charge in [0.1, 0.15) is 18.3 Å². The standard InChI is InChI=1S/C13H12O5/c1-2-12(15)17-7-6-13(16)18-11-5-3-4-10(8-11)9-14/h2-5H,1,6-8H2. The number of allylic oxidation sites excluding steroid dienone is 4. The number of rotatable bonds is 5. The van der Waals surface area contributed by atoms with E-state index in [-0.39, 0.29) is 19.4 Å². The molecule has 0 aromatic heterocycles. The van der Waals surface area contributed by atoms with E-state index in [0.717, 1.165) is 6.08 Å². The first-order chi connectivity index (χ1) is 8.65. The molecule has 0 saturated heterocycles. The first-order valence-electron chi connectivity index (χ1n) is 5.27. The van der Waals surface area contributed by atoms with Gasteiger partial charge in [-0.1, -0.05) is 12.7 Å². The molecule has 0 unspecified atom stereocenters. The number of esters is 2. The minimum atomic E-state index is -0.589. The van der Waals surface area contributed by atoms with Crippen LogP contribution in [0.5, 0.6) is 0 Å². The summed E-state index contributed by atoms with van der Waals surface area (Å²) in [7, 11) is 0. The number of carbonyl (C=O) groups excluding carboxylic acids is 3. The van der Waals surface area contributed by atoms with Crippen molar-refractivity contribution in [3.8, 4) is 0 Å². The molecule has 0 aromatic rings. The highest BCUT2D eigenvalue weighted by Crippen LogP contribution is 2.17. The molecule has 0 N–H and O–H groups in total. The summed E-state index contributed by atoms with van der Waals surface area (Å²) in [6.45, 7) is 3.16. The molecule has 5 nitrogen and oxygen atoms in total. The van der Waals surface area contributed by atoms with Crippen molar-refractivity contribution in [1.29, 1.82) is 0 Å². The van der Waals surface area contributed by atoms with Gasteiger partial charge in [0.15, 0.2) is 0 Å². The van der Waals surface area contributed by atoms with Crippen molar-refractivity contribution in [2.45, 2.75) is 12.8 Å². The van der Waals surface area contributed by atoms with E-state index < -0.39 is 11.9 Å². The van der Waals surface area contributed by atoms with E-state index in [1.54, 1.807) is 24.2 Å². The van der Waals surface area contributed by atoms with Gasteiger partial charge in [-0.2, -0.15) is 0 Å². The third-order valence-electron chi connectivity index (χ3n) is 2.04. The highest BCUT2D eigenvalue weighted by Gasteiger charge is 2.11. The van der Waals surface area contributed by atoms with Crippen molar-refractivity contribution in [2.75, 3.05) is 6.61 Å². The van der Waals surface area contributed by atoms with Crippen LogP contribution in [0.1, 0.15) is 12.8 Å². The Kier molecular flexibility index (Phi) is 5.35. The Labute approximate surface area is 104 Å². The molecule has 0 radical (unpaired) electrons. The van der Waals surface area contributed by atoms with Crippen molar-refractivity contribution < 1.29 is 23.9 Å². The molecule has 1 aliphatic carbocycles. The molecule has 0 fully saturated rings. The van der Waals surface area contributed by atoms with Gasteiger partial charge in [-0.3, -0.25) is 4.79 Å². The lowest BCUT2D eigenvalue weighted by Gasteiger charge is -2.10. The van der Waals surface area contributed by atoms with Gasteiger partial charge in [-0.15, -0.1) is 0 Å². The number of ether oxygens (including phenoxy) is 2. The first kappa shape index (κ1) is 13.7. The Hall–Kier alpha value is -2.39. The average molecular weight is 248 g/mol. The molecule has 1 aliphatic rings. The second-order valence-corrected chi connectivity index (χ2v) is 3.39. The van der Waals surface area contributed by atoms with Gasteiger partial charge >= 0.3 is 11.9 Å². The fourth-order valence-corrected chi connectivity index (χ4v) is 1.21. The van der Waals surface area contributed by atoms with Crippen LogP contribution in [0, 0.1) is 0 Å². The zero-order valence-corrected chi connectivity index (χ0v) is 9.68. The normalized spacial score (nSPS) is 13.3. The molecular formula is C13H12O5. The molecule has 0 heterocycles. The average Bonchev–Trinajstić information content (AvgIpc) is 2.38. The molecule has 0 saturated carbocycles. The minimum absolute atomic E-state index is 0.0548.